The number of phenols is 2. The molecule has 0 bridgehead atoms. The average molecular weight is 332 g/mol. The summed E-state index contributed by atoms with van der Waals surface area (Å²) in [5.41, 5.74) is -1.10. The second-order valence-electron chi connectivity index (χ2n) is 2.50. The molecular formula is C8H7CsO6. The molecule has 4 N–H and O–H groups in total. The fraction of sp³-hybridized carbons (Fsp3) is 0. The number of rotatable bonds is 2. The van der Waals surface area contributed by atoms with Gasteiger partial charge in [0.1, 0.15) is 22.6 Å². The van der Waals surface area contributed by atoms with Crippen LogP contribution < -0.4 is 0 Å². The van der Waals surface area contributed by atoms with Crippen molar-refractivity contribution in [2.24, 2.45) is 0 Å². The standard InChI is InChI=1S/C8H6O6.Cs.H/c9-5-1-3(7(11)12)6(10)2-4(5)8(13)14;;/h1-2,9-10H,(H,11,12)(H,13,14);;. The molecule has 0 unspecified atom stereocenters. The monoisotopic (exact) mass is 332 g/mol. The fourth-order valence-electron chi connectivity index (χ4n) is 0.919. The fourth-order valence-corrected chi connectivity index (χ4v) is 0.919. The van der Waals surface area contributed by atoms with E-state index < -0.39 is 34.6 Å². The Bertz CT molecular complexity index is 374. The zero-order valence-electron chi connectivity index (χ0n) is 6.76. The van der Waals surface area contributed by atoms with Crippen molar-refractivity contribution in [1.29, 1.82) is 0 Å². The molecule has 76 valence electrons. The Labute approximate surface area is 143 Å². The third kappa shape index (κ3) is 3.40. The first-order valence-corrected chi connectivity index (χ1v) is 3.46. The first-order valence-electron chi connectivity index (χ1n) is 3.46. The van der Waals surface area contributed by atoms with Crippen LogP contribution in [0.2, 0.25) is 0 Å². The van der Waals surface area contributed by atoms with E-state index in [1.54, 1.807) is 0 Å². The first-order chi connectivity index (χ1) is 6.43. The van der Waals surface area contributed by atoms with Gasteiger partial charge < -0.3 is 20.4 Å². The van der Waals surface area contributed by atoms with Gasteiger partial charge in [-0.15, -0.1) is 0 Å². The van der Waals surface area contributed by atoms with Crippen LogP contribution in [0.1, 0.15) is 20.7 Å². The van der Waals surface area contributed by atoms with Gasteiger partial charge in [0.15, 0.2) is 0 Å². The second-order valence-corrected chi connectivity index (χ2v) is 2.50. The van der Waals surface area contributed by atoms with Gasteiger partial charge in [-0.3, -0.25) is 0 Å². The molecule has 0 radical (unpaired) electrons. The molecule has 15 heavy (non-hydrogen) atoms. The van der Waals surface area contributed by atoms with Gasteiger partial charge in [-0.25, -0.2) is 9.59 Å². The quantitative estimate of drug-likeness (QED) is 0.560. The van der Waals surface area contributed by atoms with Crippen LogP contribution in [0, 0.1) is 0 Å². The van der Waals surface area contributed by atoms with Gasteiger partial charge in [-0.2, -0.15) is 0 Å². The molecule has 0 aliphatic heterocycles. The molecule has 0 atom stereocenters. The van der Waals surface area contributed by atoms with E-state index in [0.717, 1.165) is 0 Å². The van der Waals surface area contributed by atoms with Crippen LogP contribution >= 0.6 is 0 Å². The third-order valence-electron chi connectivity index (χ3n) is 1.57. The Hall–Kier alpha value is -0.188. The number of hydrogen-bond acceptors (Lipinski definition) is 4. The van der Waals surface area contributed by atoms with Gasteiger partial charge in [0.25, 0.3) is 0 Å². The van der Waals surface area contributed by atoms with Crippen molar-refractivity contribution in [2.45, 2.75) is 0 Å². The summed E-state index contributed by atoms with van der Waals surface area (Å²) in [6.45, 7) is 0. The summed E-state index contributed by atoms with van der Waals surface area (Å²) in [7, 11) is 0. The van der Waals surface area contributed by atoms with Crippen molar-refractivity contribution < 1.29 is 30.0 Å². The van der Waals surface area contributed by atoms with Crippen LogP contribution in [-0.4, -0.2) is 101 Å². The van der Waals surface area contributed by atoms with Gasteiger partial charge in [-0.1, -0.05) is 0 Å². The van der Waals surface area contributed by atoms with E-state index in [9.17, 15) is 9.59 Å². The van der Waals surface area contributed by atoms with Gasteiger partial charge >= 0.3 is 80.8 Å². The van der Waals surface area contributed by atoms with Crippen molar-refractivity contribution in [3.05, 3.63) is 23.3 Å². The molecule has 6 nitrogen and oxygen atoms in total. The van der Waals surface area contributed by atoms with Crippen LogP contribution in [0.15, 0.2) is 12.1 Å². The number of benzene rings is 1. The summed E-state index contributed by atoms with van der Waals surface area (Å²) in [6, 6.07) is 1.36. The number of aromatic carboxylic acids is 2. The van der Waals surface area contributed by atoms with Crippen molar-refractivity contribution >= 4 is 80.8 Å². The summed E-state index contributed by atoms with van der Waals surface area (Å²) in [5.74, 6) is -4.30. The Balaban J connectivity index is 0.00000196. The van der Waals surface area contributed by atoms with Crippen LogP contribution in [0.4, 0.5) is 0 Å². The molecule has 1 rings (SSSR count). The van der Waals surface area contributed by atoms with Crippen molar-refractivity contribution in [3.8, 4) is 11.5 Å². The molecule has 0 saturated heterocycles. The summed E-state index contributed by atoms with van der Waals surface area (Å²) in [6.07, 6.45) is 0. The molecule has 1 aromatic rings. The zero-order valence-corrected chi connectivity index (χ0v) is 6.76. The summed E-state index contributed by atoms with van der Waals surface area (Å²) < 4.78 is 0. The SMILES string of the molecule is O=C(O)c1cc(O)c(C(=O)O)cc1O.[CsH]. The molecule has 0 aliphatic rings. The third-order valence-corrected chi connectivity index (χ3v) is 1.57. The molecule has 7 heteroatoms. The topological polar surface area (TPSA) is 115 Å². The van der Waals surface area contributed by atoms with E-state index >= 15 is 0 Å². The maximum absolute atomic E-state index is 10.4. The van der Waals surface area contributed by atoms with Crippen LogP contribution in [0.5, 0.6) is 11.5 Å². The summed E-state index contributed by atoms with van der Waals surface area (Å²) in [4.78, 5) is 20.9. The van der Waals surface area contributed by atoms with Crippen molar-refractivity contribution in [1.82, 2.24) is 0 Å². The first kappa shape index (κ1) is 14.8. The van der Waals surface area contributed by atoms with E-state index in [1.165, 1.54) is 0 Å². The van der Waals surface area contributed by atoms with Crippen molar-refractivity contribution in [2.75, 3.05) is 0 Å². The van der Waals surface area contributed by atoms with E-state index in [2.05, 4.69) is 0 Å². The van der Waals surface area contributed by atoms with Gasteiger partial charge in [-0.05, 0) is 12.1 Å². The van der Waals surface area contributed by atoms with Crippen LogP contribution in [-0.2, 0) is 0 Å². The Morgan fingerprint density at radius 1 is 0.867 bits per heavy atom. The van der Waals surface area contributed by atoms with Gasteiger partial charge in [0.2, 0.25) is 0 Å². The molecule has 0 amide bonds. The minimum atomic E-state index is -1.45. The normalized spacial score (nSPS) is 9.07. The van der Waals surface area contributed by atoms with E-state index in [1.807, 2.05) is 0 Å². The Kier molecular flexibility index (Phi) is 5.70. The average Bonchev–Trinajstić information content (AvgIpc) is 2.07. The molecule has 0 aliphatic carbocycles. The molecule has 0 saturated carbocycles. The van der Waals surface area contributed by atoms with Gasteiger partial charge in [0.05, 0.1) is 0 Å². The molecule has 0 heterocycles. The second kappa shape index (κ2) is 5.78. The van der Waals surface area contributed by atoms with E-state index in [-0.39, 0.29) is 68.9 Å². The zero-order chi connectivity index (χ0) is 10.9. The maximum atomic E-state index is 10.4. The van der Waals surface area contributed by atoms with Gasteiger partial charge in [0, 0.05) is 0 Å². The minimum absolute atomic E-state index is 0. The molecule has 0 aromatic heterocycles. The predicted octanol–water partition coefficient (Wildman–Crippen LogP) is -0.154. The van der Waals surface area contributed by atoms with E-state index in [4.69, 9.17) is 20.4 Å². The van der Waals surface area contributed by atoms with Crippen LogP contribution in [0.3, 0.4) is 0 Å². The number of hydrogen-bond donors (Lipinski definition) is 4. The van der Waals surface area contributed by atoms with E-state index in [0.29, 0.717) is 12.1 Å². The van der Waals surface area contributed by atoms with Crippen molar-refractivity contribution in [3.63, 3.8) is 0 Å². The molecular weight excluding hydrogens is 325 g/mol. The number of carbonyl (C=O) groups is 2. The molecule has 0 fully saturated rings. The molecule has 0 spiro atoms. The number of aromatic hydroxyl groups is 2. The molecule has 1 aromatic carbocycles. The Morgan fingerprint density at radius 2 is 1.13 bits per heavy atom. The number of carboxylic acids is 2. The Morgan fingerprint density at radius 3 is 1.33 bits per heavy atom. The summed E-state index contributed by atoms with van der Waals surface area (Å²) in [5, 5.41) is 35.2. The summed E-state index contributed by atoms with van der Waals surface area (Å²) >= 11 is 0. The van der Waals surface area contributed by atoms with Crippen LogP contribution in [0.25, 0.3) is 0 Å². The number of carboxylic acid groups (broad SMARTS) is 2. The predicted molar refractivity (Wildman–Crippen MR) is 50.8 cm³/mol.